The van der Waals surface area contributed by atoms with Gasteiger partial charge < -0.3 is 5.32 Å². The maximum atomic E-state index is 12.2. The fourth-order valence-electron chi connectivity index (χ4n) is 2.40. The number of thioether (sulfide) groups is 1. The first-order valence-corrected chi connectivity index (χ1v) is 9.10. The zero-order chi connectivity index (χ0) is 16.7. The molecule has 0 aliphatic rings. The van der Waals surface area contributed by atoms with Gasteiger partial charge in [-0.25, -0.2) is 9.67 Å². The van der Waals surface area contributed by atoms with E-state index < -0.39 is 0 Å². The lowest BCUT2D eigenvalue weighted by atomic mass is 10.1. The number of carbonyl (C=O) groups excluding carboxylic acids is 1. The third-order valence-electron chi connectivity index (χ3n) is 3.75. The molecule has 0 aliphatic heterocycles. The molecule has 1 amide bonds. The summed E-state index contributed by atoms with van der Waals surface area (Å²) in [6.07, 6.45) is 2.34. The second kappa shape index (κ2) is 8.72. The van der Waals surface area contributed by atoms with Gasteiger partial charge in [0.05, 0.1) is 11.8 Å². The number of aromatic nitrogens is 3. The van der Waals surface area contributed by atoms with E-state index in [0.29, 0.717) is 5.75 Å². The normalized spacial score (nSPS) is 12.1. The Bertz CT molecular complexity index is 641. The molecule has 1 atom stereocenters. The number of amides is 1. The Kier molecular flexibility index (Phi) is 6.65. The topological polar surface area (TPSA) is 59.8 Å². The number of rotatable bonds is 8. The average Bonchev–Trinajstić information content (AvgIpc) is 3.03. The Morgan fingerprint density at radius 2 is 2.13 bits per heavy atom. The van der Waals surface area contributed by atoms with Crippen LogP contribution in [0.4, 0.5) is 0 Å². The van der Waals surface area contributed by atoms with Gasteiger partial charge in [0.2, 0.25) is 5.91 Å². The van der Waals surface area contributed by atoms with Crippen molar-refractivity contribution in [1.29, 1.82) is 0 Å². The standard InChI is InChI=1S/C17H24N4OS/c1-4-15(17-18-12-19-21(17)5-2)20-16(22)11-23-10-14-9-7-6-8-13(14)3/h6-9,12,15H,4-5,10-11H2,1-3H3,(H,20,22)/t15-/m0/s1. The zero-order valence-corrected chi connectivity index (χ0v) is 14.8. The minimum Gasteiger partial charge on any atom is -0.345 e. The van der Waals surface area contributed by atoms with Gasteiger partial charge >= 0.3 is 0 Å². The van der Waals surface area contributed by atoms with E-state index in [0.717, 1.165) is 24.5 Å². The van der Waals surface area contributed by atoms with Gasteiger partial charge in [-0.1, -0.05) is 31.2 Å². The molecule has 0 bridgehead atoms. The Labute approximate surface area is 141 Å². The second-order valence-corrected chi connectivity index (χ2v) is 6.37. The van der Waals surface area contributed by atoms with Crippen molar-refractivity contribution in [1.82, 2.24) is 20.1 Å². The van der Waals surface area contributed by atoms with Crippen LogP contribution in [-0.4, -0.2) is 26.4 Å². The Morgan fingerprint density at radius 1 is 1.35 bits per heavy atom. The monoisotopic (exact) mass is 332 g/mol. The fourth-order valence-corrected chi connectivity index (χ4v) is 3.31. The lowest BCUT2D eigenvalue weighted by molar-refractivity contribution is -0.119. The van der Waals surface area contributed by atoms with Crippen molar-refractivity contribution in [2.24, 2.45) is 0 Å². The summed E-state index contributed by atoms with van der Waals surface area (Å²) in [5, 5.41) is 7.23. The first kappa shape index (κ1) is 17.5. The highest BCUT2D eigenvalue weighted by atomic mass is 32.2. The summed E-state index contributed by atoms with van der Waals surface area (Å²) in [5.41, 5.74) is 2.55. The summed E-state index contributed by atoms with van der Waals surface area (Å²) in [6, 6.07) is 8.20. The lowest BCUT2D eigenvalue weighted by Gasteiger charge is -2.16. The van der Waals surface area contributed by atoms with Crippen LogP contribution >= 0.6 is 11.8 Å². The molecule has 1 aromatic carbocycles. The smallest absolute Gasteiger partial charge is 0.230 e. The van der Waals surface area contributed by atoms with Crippen LogP contribution in [0, 0.1) is 6.92 Å². The highest BCUT2D eigenvalue weighted by molar-refractivity contribution is 7.99. The van der Waals surface area contributed by atoms with E-state index in [1.807, 2.05) is 30.7 Å². The van der Waals surface area contributed by atoms with Gasteiger partial charge in [0, 0.05) is 12.3 Å². The van der Waals surface area contributed by atoms with Crippen LogP contribution in [0.25, 0.3) is 0 Å². The molecular formula is C17H24N4OS. The molecule has 5 nitrogen and oxygen atoms in total. The molecule has 0 aliphatic carbocycles. The number of benzene rings is 1. The van der Waals surface area contributed by atoms with Gasteiger partial charge in [0.15, 0.2) is 0 Å². The van der Waals surface area contributed by atoms with Gasteiger partial charge in [-0.3, -0.25) is 4.79 Å². The number of nitrogens with one attached hydrogen (secondary N) is 1. The van der Waals surface area contributed by atoms with Gasteiger partial charge in [0.1, 0.15) is 12.2 Å². The van der Waals surface area contributed by atoms with Crippen LogP contribution in [0.5, 0.6) is 0 Å². The van der Waals surface area contributed by atoms with Gasteiger partial charge in [-0.05, 0) is 31.4 Å². The molecule has 0 radical (unpaired) electrons. The minimum atomic E-state index is -0.0796. The molecule has 0 fully saturated rings. The molecule has 0 saturated heterocycles. The molecular weight excluding hydrogens is 308 g/mol. The summed E-state index contributed by atoms with van der Waals surface area (Å²) >= 11 is 1.63. The SMILES string of the molecule is CC[C@H](NC(=O)CSCc1ccccc1C)c1ncnn1CC. The van der Waals surface area contributed by atoms with Crippen LogP contribution in [-0.2, 0) is 17.1 Å². The maximum Gasteiger partial charge on any atom is 0.230 e. The van der Waals surface area contributed by atoms with Crippen molar-refractivity contribution in [2.45, 2.75) is 45.5 Å². The molecule has 23 heavy (non-hydrogen) atoms. The van der Waals surface area contributed by atoms with E-state index in [4.69, 9.17) is 0 Å². The second-order valence-electron chi connectivity index (χ2n) is 5.38. The van der Waals surface area contributed by atoms with Crippen molar-refractivity contribution in [3.05, 3.63) is 47.5 Å². The van der Waals surface area contributed by atoms with Crippen molar-refractivity contribution in [3.63, 3.8) is 0 Å². The average molecular weight is 332 g/mol. The fraction of sp³-hybridized carbons (Fsp3) is 0.471. The van der Waals surface area contributed by atoms with E-state index in [9.17, 15) is 4.79 Å². The number of hydrogen-bond donors (Lipinski definition) is 1. The van der Waals surface area contributed by atoms with Gasteiger partial charge in [-0.15, -0.1) is 11.8 Å². The largest absolute Gasteiger partial charge is 0.345 e. The van der Waals surface area contributed by atoms with Crippen molar-refractivity contribution in [2.75, 3.05) is 5.75 Å². The van der Waals surface area contributed by atoms with Crippen molar-refractivity contribution < 1.29 is 4.79 Å². The van der Waals surface area contributed by atoms with Gasteiger partial charge in [-0.2, -0.15) is 5.10 Å². The van der Waals surface area contributed by atoms with E-state index in [1.165, 1.54) is 11.1 Å². The van der Waals surface area contributed by atoms with Crippen LogP contribution in [0.15, 0.2) is 30.6 Å². The van der Waals surface area contributed by atoms with E-state index >= 15 is 0 Å². The Hall–Kier alpha value is -1.82. The Balaban J connectivity index is 1.85. The molecule has 2 rings (SSSR count). The number of hydrogen-bond acceptors (Lipinski definition) is 4. The third kappa shape index (κ3) is 4.82. The highest BCUT2D eigenvalue weighted by Gasteiger charge is 2.17. The predicted molar refractivity (Wildman–Crippen MR) is 94.2 cm³/mol. The summed E-state index contributed by atoms with van der Waals surface area (Å²) < 4.78 is 1.83. The molecule has 0 saturated carbocycles. The van der Waals surface area contributed by atoms with Crippen LogP contribution in [0.2, 0.25) is 0 Å². The molecule has 1 N–H and O–H groups in total. The van der Waals surface area contributed by atoms with Crippen LogP contribution < -0.4 is 5.32 Å². The molecule has 2 aromatic rings. The first-order valence-electron chi connectivity index (χ1n) is 7.95. The summed E-state index contributed by atoms with van der Waals surface area (Å²) in [6.45, 7) is 6.91. The summed E-state index contributed by atoms with van der Waals surface area (Å²) in [5.74, 6) is 2.17. The van der Waals surface area contributed by atoms with Crippen LogP contribution in [0.1, 0.15) is 43.3 Å². The summed E-state index contributed by atoms with van der Waals surface area (Å²) in [7, 11) is 0. The van der Waals surface area contributed by atoms with E-state index in [1.54, 1.807) is 18.1 Å². The quantitative estimate of drug-likeness (QED) is 0.807. The molecule has 1 heterocycles. The van der Waals surface area contributed by atoms with Crippen molar-refractivity contribution >= 4 is 17.7 Å². The molecule has 124 valence electrons. The predicted octanol–water partition coefficient (Wildman–Crippen LogP) is 3.11. The number of carbonyl (C=O) groups is 1. The third-order valence-corrected chi connectivity index (χ3v) is 4.73. The molecule has 0 unspecified atom stereocenters. The summed E-state index contributed by atoms with van der Waals surface area (Å²) in [4.78, 5) is 16.5. The maximum absolute atomic E-state index is 12.2. The molecule has 1 aromatic heterocycles. The molecule has 0 spiro atoms. The van der Waals surface area contributed by atoms with Crippen LogP contribution in [0.3, 0.4) is 0 Å². The first-order chi connectivity index (χ1) is 11.2. The molecule has 6 heteroatoms. The van der Waals surface area contributed by atoms with Crippen molar-refractivity contribution in [3.8, 4) is 0 Å². The minimum absolute atomic E-state index is 0.0427. The number of aryl methyl sites for hydroxylation is 2. The van der Waals surface area contributed by atoms with Gasteiger partial charge in [0.25, 0.3) is 0 Å². The lowest BCUT2D eigenvalue weighted by Crippen LogP contribution is -2.31. The Morgan fingerprint density at radius 3 is 2.83 bits per heavy atom. The van der Waals surface area contributed by atoms with E-state index in [-0.39, 0.29) is 11.9 Å². The van der Waals surface area contributed by atoms with E-state index in [2.05, 4.69) is 34.5 Å². The number of nitrogens with zero attached hydrogens (tertiary/aromatic N) is 3. The highest BCUT2D eigenvalue weighted by Crippen LogP contribution is 2.17. The zero-order valence-electron chi connectivity index (χ0n) is 14.0.